The van der Waals surface area contributed by atoms with Crippen molar-refractivity contribution >= 4 is 21.5 Å². The Hall–Kier alpha value is -2.42. The topological polar surface area (TPSA) is 32.6 Å². The van der Waals surface area contributed by atoms with Gasteiger partial charge in [-0.05, 0) is 11.5 Å². The SMILES string of the molecule is O/N=c1\c2ccccc2cc(F)c2ccccc12. The van der Waals surface area contributed by atoms with Crippen molar-refractivity contribution < 1.29 is 9.60 Å². The molecule has 0 spiro atoms. The molecule has 18 heavy (non-hydrogen) atoms. The number of halogens is 1. The van der Waals surface area contributed by atoms with Gasteiger partial charge in [0.15, 0.2) is 0 Å². The van der Waals surface area contributed by atoms with Crippen LogP contribution < -0.4 is 5.36 Å². The van der Waals surface area contributed by atoms with Crippen molar-refractivity contribution in [2.24, 2.45) is 5.16 Å². The Labute approximate surface area is 103 Å². The number of hydrogen-bond donors (Lipinski definition) is 1. The minimum atomic E-state index is -0.322. The molecule has 0 heterocycles. The second-order valence-electron chi connectivity index (χ2n) is 4.07. The average Bonchev–Trinajstić information content (AvgIpc) is 2.53. The molecule has 0 fully saturated rings. The molecule has 0 bridgehead atoms. The van der Waals surface area contributed by atoms with E-state index >= 15 is 0 Å². The van der Waals surface area contributed by atoms with Crippen LogP contribution in [0.5, 0.6) is 0 Å². The van der Waals surface area contributed by atoms with E-state index in [2.05, 4.69) is 5.16 Å². The predicted molar refractivity (Wildman–Crippen MR) is 68.8 cm³/mol. The van der Waals surface area contributed by atoms with Crippen molar-refractivity contribution in [2.45, 2.75) is 0 Å². The summed E-state index contributed by atoms with van der Waals surface area (Å²) in [6, 6.07) is 15.7. The molecule has 0 aliphatic rings. The summed E-state index contributed by atoms with van der Waals surface area (Å²) in [5.74, 6) is -0.322. The summed E-state index contributed by atoms with van der Waals surface area (Å²) >= 11 is 0. The number of rotatable bonds is 0. The van der Waals surface area contributed by atoms with Crippen LogP contribution in [0.25, 0.3) is 21.5 Å². The number of hydrogen-bond acceptors (Lipinski definition) is 2. The lowest BCUT2D eigenvalue weighted by atomic mass is 10.1. The Bertz CT molecular complexity index is 812. The molecule has 3 aromatic carbocycles. The van der Waals surface area contributed by atoms with E-state index in [4.69, 9.17) is 0 Å². The maximum Gasteiger partial charge on any atom is 0.131 e. The Morgan fingerprint density at radius 1 is 0.833 bits per heavy atom. The Kier molecular flexibility index (Phi) is 2.45. The normalized spacial score (nSPS) is 12.2. The van der Waals surface area contributed by atoms with E-state index in [0.717, 1.165) is 5.39 Å². The second kappa shape index (κ2) is 4.11. The summed E-state index contributed by atoms with van der Waals surface area (Å²) < 4.78 is 14.1. The highest BCUT2D eigenvalue weighted by Gasteiger charge is 2.05. The monoisotopic (exact) mass is 239 g/mol. The highest BCUT2D eigenvalue weighted by Crippen LogP contribution is 2.18. The van der Waals surface area contributed by atoms with Crippen LogP contribution in [0.15, 0.2) is 59.8 Å². The van der Waals surface area contributed by atoms with Crippen LogP contribution in [0.3, 0.4) is 0 Å². The van der Waals surface area contributed by atoms with E-state index in [0.29, 0.717) is 21.5 Å². The maximum atomic E-state index is 14.1. The van der Waals surface area contributed by atoms with E-state index in [1.54, 1.807) is 30.3 Å². The molecule has 0 atom stereocenters. The Morgan fingerprint density at radius 3 is 2.17 bits per heavy atom. The molecule has 3 heteroatoms. The minimum Gasteiger partial charge on any atom is -0.410 e. The molecule has 0 aromatic heterocycles. The van der Waals surface area contributed by atoms with Crippen molar-refractivity contribution in [3.8, 4) is 0 Å². The molecule has 2 nitrogen and oxygen atoms in total. The third kappa shape index (κ3) is 1.52. The fourth-order valence-corrected chi connectivity index (χ4v) is 2.20. The summed E-state index contributed by atoms with van der Waals surface area (Å²) in [4.78, 5) is 0. The van der Waals surface area contributed by atoms with Gasteiger partial charge in [-0.15, -0.1) is 0 Å². The van der Waals surface area contributed by atoms with Crippen LogP contribution in [0.4, 0.5) is 4.39 Å². The van der Waals surface area contributed by atoms with Gasteiger partial charge >= 0.3 is 0 Å². The van der Waals surface area contributed by atoms with Crippen LogP contribution in [0, 0.1) is 5.82 Å². The van der Waals surface area contributed by atoms with E-state index in [1.165, 1.54) is 6.07 Å². The second-order valence-corrected chi connectivity index (χ2v) is 4.07. The minimum absolute atomic E-state index is 0.322. The summed E-state index contributed by atoms with van der Waals surface area (Å²) in [5.41, 5.74) is 0. The molecule has 0 amide bonds. The third-order valence-electron chi connectivity index (χ3n) is 3.04. The van der Waals surface area contributed by atoms with E-state index < -0.39 is 0 Å². The van der Waals surface area contributed by atoms with Gasteiger partial charge in [0.2, 0.25) is 0 Å². The molecule has 0 unspecified atom stereocenters. The zero-order chi connectivity index (χ0) is 12.5. The standard InChI is InChI=1S/C15H10FNO/c16-14-9-10-5-1-2-6-11(10)15(17-18)13-8-4-3-7-12(13)14/h1-9,18H/b17-15+. The first-order valence-corrected chi connectivity index (χ1v) is 5.59. The molecule has 1 N–H and O–H groups in total. The summed E-state index contributed by atoms with van der Waals surface area (Å²) in [5, 5.41) is 15.4. The Balaban J connectivity index is 2.76. The van der Waals surface area contributed by atoms with Crippen molar-refractivity contribution in [1.29, 1.82) is 0 Å². The number of fused-ring (bicyclic) bond motifs is 2. The first-order valence-electron chi connectivity index (χ1n) is 5.59. The predicted octanol–water partition coefficient (Wildman–Crippen LogP) is 3.42. The molecule has 3 rings (SSSR count). The van der Waals surface area contributed by atoms with E-state index in [9.17, 15) is 9.60 Å². The first-order chi connectivity index (χ1) is 8.81. The molecule has 0 radical (unpaired) electrons. The molecular formula is C15H10FNO. The number of nitrogens with zero attached hydrogens (tertiary/aromatic N) is 1. The molecule has 0 saturated carbocycles. The van der Waals surface area contributed by atoms with E-state index in [1.807, 2.05) is 18.2 Å². The lowest BCUT2D eigenvalue weighted by Gasteiger charge is -1.93. The smallest absolute Gasteiger partial charge is 0.131 e. The summed E-state index contributed by atoms with van der Waals surface area (Å²) in [6.07, 6.45) is 0. The van der Waals surface area contributed by atoms with Crippen molar-refractivity contribution in [2.75, 3.05) is 0 Å². The van der Waals surface area contributed by atoms with E-state index in [-0.39, 0.29) is 5.82 Å². The highest BCUT2D eigenvalue weighted by atomic mass is 19.1. The van der Waals surface area contributed by atoms with Crippen LogP contribution in [0.1, 0.15) is 0 Å². The number of benzene rings is 2. The molecular weight excluding hydrogens is 229 g/mol. The van der Waals surface area contributed by atoms with Gasteiger partial charge in [-0.2, -0.15) is 0 Å². The zero-order valence-corrected chi connectivity index (χ0v) is 9.47. The summed E-state index contributed by atoms with van der Waals surface area (Å²) in [6.45, 7) is 0. The quantitative estimate of drug-likeness (QED) is 0.473. The van der Waals surface area contributed by atoms with Gasteiger partial charge in [-0.1, -0.05) is 53.7 Å². The van der Waals surface area contributed by atoms with Gasteiger partial charge < -0.3 is 5.21 Å². The van der Waals surface area contributed by atoms with Crippen LogP contribution >= 0.6 is 0 Å². The molecule has 0 aliphatic heterocycles. The van der Waals surface area contributed by atoms with Crippen molar-refractivity contribution in [3.63, 3.8) is 0 Å². The fourth-order valence-electron chi connectivity index (χ4n) is 2.20. The van der Waals surface area contributed by atoms with Gasteiger partial charge in [0.1, 0.15) is 11.2 Å². The summed E-state index contributed by atoms with van der Waals surface area (Å²) in [7, 11) is 0. The molecule has 0 aliphatic carbocycles. The fraction of sp³-hybridized carbons (Fsp3) is 0. The van der Waals surface area contributed by atoms with Gasteiger partial charge in [-0.3, -0.25) is 0 Å². The van der Waals surface area contributed by atoms with Crippen molar-refractivity contribution in [1.82, 2.24) is 0 Å². The zero-order valence-electron chi connectivity index (χ0n) is 9.47. The maximum absolute atomic E-state index is 14.1. The van der Waals surface area contributed by atoms with Gasteiger partial charge in [0, 0.05) is 16.2 Å². The largest absolute Gasteiger partial charge is 0.410 e. The van der Waals surface area contributed by atoms with Gasteiger partial charge in [0.25, 0.3) is 0 Å². The molecule has 3 aromatic rings. The lowest BCUT2D eigenvalue weighted by Crippen LogP contribution is -2.01. The lowest BCUT2D eigenvalue weighted by molar-refractivity contribution is 0.304. The van der Waals surface area contributed by atoms with Crippen molar-refractivity contribution in [3.05, 3.63) is 65.8 Å². The average molecular weight is 239 g/mol. The highest BCUT2D eigenvalue weighted by molar-refractivity contribution is 5.93. The van der Waals surface area contributed by atoms with Gasteiger partial charge in [0.05, 0.1) is 0 Å². The van der Waals surface area contributed by atoms with Gasteiger partial charge in [-0.25, -0.2) is 4.39 Å². The third-order valence-corrected chi connectivity index (χ3v) is 3.04. The first kappa shape index (κ1) is 10.7. The molecule has 88 valence electrons. The molecule has 0 saturated heterocycles. The van der Waals surface area contributed by atoms with Crippen LogP contribution in [-0.4, -0.2) is 5.21 Å². The Morgan fingerprint density at radius 2 is 1.44 bits per heavy atom. The van der Waals surface area contributed by atoms with Crippen LogP contribution in [0.2, 0.25) is 0 Å². The van der Waals surface area contributed by atoms with Crippen LogP contribution in [-0.2, 0) is 0 Å².